The Labute approximate surface area is 149 Å². The number of nitrogens with one attached hydrogen (secondary N) is 1. The van der Waals surface area contributed by atoms with Crippen LogP contribution in [0.25, 0.3) is 11.1 Å². The first kappa shape index (κ1) is 17.2. The summed E-state index contributed by atoms with van der Waals surface area (Å²) in [6, 6.07) is 15.0. The van der Waals surface area contributed by atoms with Gasteiger partial charge in [0.25, 0.3) is 5.91 Å². The molecule has 0 spiro atoms. The summed E-state index contributed by atoms with van der Waals surface area (Å²) in [6.45, 7) is 1.29. The number of esters is 1. The highest BCUT2D eigenvalue weighted by Gasteiger charge is 2.12. The number of carbonyl (C=O) groups is 2. The molecule has 2 N–H and O–H groups in total. The van der Waals surface area contributed by atoms with E-state index < -0.39 is 18.5 Å². The van der Waals surface area contributed by atoms with Crippen LogP contribution in [0.3, 0.4) is 0 Å². The molecule has 0 saturated heterocycles. The SMILES string of the molecule is Cc1cc(NC(=O)COC(=O)c2ccc(-c3ccc(O)cc3)cc2)on1. The third kappa shape index (κ3) is 4.27. The number of amides is 1. The molecule has 0 aliphatic rings. The number of aryl methyl sites for hydroxylation is 1. The van der Waals surface area contributed by atoms with Crippen molar-refractivity contribution >= 4 is 17.8 Å². The van der Waals surface area contributed by atoms with Crippen molar-refractivity contribution in [2.24, 2.45) is 0 Å². The second kappa shape index (κ2) is 7.52. The van der Waals surface area contributed by atoms with E-state index in [0.717, 1.165) is 11.1 Å². The molecule has 7 heteroatoms. The second-order valence-electron chi connectivity index (χ2n) is 5.58. The van der Waals surface area contributed by atoms with Gasteiger partial charge in [-0.2, -0.15) is 0 Å². The topological polar surface area (TPSA) is 102 Å². The van der Waals surface area contributed by atoms with Crippen LogP contribution < -0.4 is 5.32 Å². The fourth-order valence-corrected chi connectivity index (χ4v) is 2.26. The van der Waals surface area contributed by atoms with Gasteiger partial charge in [0.2, 0.25) is 5.88 Å². The number of anilines is 1. The summed E-state index contributed by atoms with van der Waals surface area (Å²) in [5.41, 5.74) is 2.76. The number of aromatic hydroxyl groups is 1. The Hall–Kier alpha value is -3.61. The number of phenolic OH excluding ortho intramolecular Hbond substituents is 1. The molecule has 0 unspecified atom stereocenters. The number of hydrogen-bond donors (Lipinski definition) is 2. The minimum absolute atomic E-state index is 0.188. The van der Waals surface area contributed by atoms with Crippen molar-refractivity contribution in [3.8, 4) is 16.9 Å². The minimum Gasteiger partial charge on any atom is -0.508 e. The van der Waals surface area contributed by atoms with Crippen molar-refractivity contribution in [2.75, 3.05) is 11.9 Å². The van der Waals surface area contributed by atoms with Crippen molar-refractivity contribution < 1.29 is 24.0 Å². The van der Waals surface area contributed by atoms with Crippen LogP contribution in [-0.4, -0.2) is 28.7 Å². The molecule has 0 aliphatic carbocycles. The second-order valence-corrected chi connectivity index (χ2v) is 5.58. The predicted octanol–water partition coefficient (Wildman–Crippen LogP) is 3.15. The molecule has 0 aliphatic heterocycles. The van der Waals surface area contributed by atoms with Crippen molar-refractivity contribution in [1.82, 2.24) is 5.16 Å². The smallest absolute Gasteiger partial charge is 0.338 e. The maximum atomic E-state index is 12.0. The molecule has 1 amide bonds. The molecular formula is C19H16N2O5. The molecular weight excluding hydrogens is 336 g/mol. The van der Waals surface area contributed by atoms with Crippen molar-refractivity contribution in [1.29, 1.82) is 0 Å². The monoisotopic (exact) mass is 352 g/mol. The summed E-state index contributed by atoms with van der Waals surface area (Å²) in [7, 11) is 0. The number of benzene rings is 2. The lowest BCUT2D eigenvalue weighted by molar-refractivity contribution is -0.119. The van der Waals surface area contributed by atoms with Gasteiger partial charge in [0.05, 0.1) is 11.3 Å². The Morgan fingerprint density at radius 3 is 2.27 bits per heavy atom. The molecule has 3 rings (SSSR count). The van der Waals surface area contributed by atoms with Gasteiger partial charge >= 0.3 is 5.97 Å². The van der Waals surface area contributed by atoms with Crippen LogP contribution >= 0.6 is 0 Å². The highest BCUT2D eigenvalue weighted by Crippen LogP contribution is 2.22. The predicted molar refractivity (Wildman–Crippen MR) is 93.7 cm³/mol. The van der Waals surface area contributed by atoms with Crippen LogP contribution in [0.2, 0.25) is 0 Å². The van der Waals surface area contributed by atoms with E-state index in [1.54, 1.807) is 61.5 Å². The van der Waals surface area contributed by atoms with E-state index in [-0.39, 0.29) is 11.6 Å². The standard InChI is InChI=1S/C19H16N2O5/c1-12-10-18(26-21-12)20-17(23)11-25-19(24)15-4-2-13(3-5-15)14-6-8-16(22)9-7-14/h2-10,22H,11H2,1H3,(H,20,23). The fourth-order valence-electron chi connectivity index (χ4n) is 2.26. The molecule has 1 heterocycles. The molecule has 26 heavy (non-hydrogen) atoms. The lowest BCUT2D eigenvalue weighted by Gasteiger charge is -2.06. The summed E-state index contributed by atoms with van der Waals surface area (Å²) in [4.78, 5) is 23.8. The van der Waals surface area contributed by atoms with E-state index in [2.05, 4.69) is 10.5 Å². The van der Waals surface area contributed by atoms with Gasteiger partial charge in [-0.25, -0.2) is 4.79 Å². The largest absolute Gasteiger partial charge is 0.508 e. The zero-order valence-corrected chi connectivity index (χ0v) is 13.9. The minimum atomic E-state index is -0.605. The maximum Gasteiger partial charge on any atom is 0.338 e. The number of carbonyl (C=O) groups excluding carboxylic acids is 2. The number of hydrogen-bond acceptors (Lipinski definition) is 6. The van der Waals surface area contributed by atoms with Crippen LogP contribution in [0.4, 0.5) is 5.88 Å². The van der Waals surface area contributed by atoms with E-state index in [4.69, 9.17) is 9.26 Å². The zero-order chi connectivity index (χ0) is 18.5. The Kier molecular flexibility index (Phi) is 4.98. The Balaban J connectivity index is 1.56. The molecule has 2 aromatic carbocycles. The van der Waals surface area contributed by atoms with Gasteiger partial charge in [-0.3, -0.25) is 10.1 Å². The van der Waals surface area contributed by atoms with Crippen molar-refractivity contribution in [2.45, 2.75) is 6.92 Å². The van der Waals surface area contributed by atoms with Gasteiger partial charge in [-0.1, -0.05) is 29.4 Å². The number of ether oxygens (including phenoxy) is 1. The molecule has 132 valence electrons. The van der Waals surface area contributed by atoms with Crippen LogP contribution in [0.5, 0.6) is 5.75 Å². The van der Waals surface area contributed by atoms with E-state index >= 15 is 0 Å². The first-order chi connectivity index (χ1) is 12.5. The summed E-state index contributed by atoms with van der Waals surface area (Å²) in [5.74, 6) is -0.740. The van der Waals surface area contributed by atoms with Gasteiger partial charge in [0.15, 0.2) is 6.61 Å². The average Bonchev–Trinajstić information content (AvgIpc) is 3.05. The van der Waals surface area contributed by atoms with Gasteiger partial charge in [0.1, 0.15) is 5.75 Å². The lowest BCUT2D eigenvalue weighted by Crippen LogP contribution is -2.20. The van der Waals surface area contributed by atoms with E-state index in [0.29, 0.717) is 11.3 Å². The lowest BCUT2D eigenvalue weighted by atomic mass is 10.0. The number of aromatic nitrogens is 1. The van der Waals surface area contributed by atoms with Crippen LogP contribution in [0.1, 0.15) is 16.1 Å². The van der Waals surface area contributed by atoms with Crippen molar-refractivity contribution in [3.05, 3.63) is 65.9 Å². The van der Waals surface area contributed by atoms with E-state index in [9.17, 15) is 14.7 Å². The summed E-state index contributed by atoms with van der Waals surface area (Å²) < 4.78 is 9.83. The van der Waals surface area contributed by atoms with E-state index in [1.165, 1.54) is 0 Å². The molecule has 0 fully saturated rings. The summed E-state index contributed by atoms with van der Waals surface area (Å²) >= 11 is 0. The first-order valence-corrected chi connectivity index (χ1v) is 7.81. The maximum absolute atomic E-state index is 12.0. The first-order valence-electron chi connectivity index (χ1n) is 7.81. The van der Waals surface area contributed by atoms with Gasteiger partial charge in [0, 0.05) is 6.07 Å². The van der Waals surface area contributed by atoms with Crippen molar-refractivity contribution in [3.63, 3.8) is 0 Å². The molecule has 0 bridgehead atoms. The van der Waals surface area contributed by atoms with Crippen LogP contribution in [-0.2, 0) is 9.53 Å². The Bertz CT molecular complexity index is 914. The fraction of sp³-hybridized carbons (Fsp3) is 0.105. The number of nitrogens with zero attached hydrogens (tertiary/aromatic N) is 1. The third-order valence-corrected chi connectivity index (χ3v) is 3.55. The van der Waals surface area contributed by atoms with E-state index in [1.807, 2.05) is 0 Å². The Morgan fingerprint density at radius 2 is 1.69 bits per heavy atom. The third-order valence-electron chi connectivity index (χ3n) is 3.55. The number of rotatable bonds is 5. The molecule has 0 radical (unpaired) electrons. The van der Waals surface area contributed by atoms with Gasteiger partial charge < -0.3 is 14.4 Å². The van der Waals surface area contributed by atoms with Gasteiger partial charge in [-0.05, 0) is 42.3 Å². The van der Waals surface area contributed by atoms with Crippen LogP contribution in [0.15, 0.2) is 59.1 Å². The molecule has 0 saturated carbocycles. The molecule has 3 aromatic rings. The number of phenols is 1. The summed E-state index contributed by atoms with van der Waals surface area (Å²) in [6.07, 6.45) is 0. The highest BCUT2D eigenvalue weighted by atomic mass is 16.5. The quantitative estimate of drug-likeness (QED) is 0.684. The molecule has 0 atom stereocenters. The summed E-state index contributed by atoms with van der Waals surface area (Å²) in [5, 5.41) is 15.4. The molecule has 1 aromatic heterocycles. The normalized spacial score (nSPS) is 10.3. The Morgan fingerprint density at radius 1 is 1.08 bits per heavy atom. The van der Waals surface area contributed by atoms with Gasteiger partial charge in [-0.15, -0.1) is 0 Å². The molecule has 7 nitrogen and oxygen atoms in total. The zero-order valence-electron chi connectivity index (χ0n) is 13.9. The van der Waals surface area contributed by atoms with Crippen LogP contribution in [0, 0.1) is 6.92 Å². The average molecular weight is 352 g/mol. The highest BCUT2D eigenvalue weighted by molar-refractivity contribution is 5.95.